The van der Waals surface area contributed by atoms with Crippen molar-refractivity contribution in [1.29, 1.82) is 0 Å². The predicted molar refractivity (Wildman–Crippen MR) is 120 cm³/mol. The minimum Gasteiger partial charge on any atom is -0.346 e. The number of rotatable bonds is 5. The van der Waals surface area contributed by atoms with Gasteiger partial charge in [-0.1, -0.05) is 37.1 Å². The summed E-state index contributed by atoms with van der Waals surface area (Å²) in [5, 5.41) is 3.00. The van der Waals surface area contributed by atoms with Crippen molar-refractivity contribution in [3.63, 3.8) is 0 Å². The monoisotopic (exact) mass is 428 g/mol. The number of amides is 1. The van der Waals surface area contributed by atoms with Gasteiger partial charge in [0.1, 0.15) is 0 Å². The van der Waals surface area contributed by atoms with Crippen LogP contribution in [0.2, 0.25) is 0 Å². The molecule has 0 unspecified atom stereocenters. The van der Waals surface area contributed by atoms with Gasteiger partial charge in [0.15, 0.2) is 0 Å². The highest BCUT2D eigenvalue weighted by Crippen LogP contribution is 2.25. The summed E-state index contributed by atoms with van der Waals surface area (Å²) in [6.07, 6.45) is 3.88. The van der Waals surface area contributed by atoms with E-state index >= 15 is 0 Å². The molecule has 2 aromatic rings. The number of carbonyl (C=O) groups excluding carboxylic acids is 1. The second kappa shape index (κ2) is 9.31. The van der Waals surface area contributed by atoms with Gasteiger partial charge in [-0.25, -0.2) is 8.42 Å². The van der Waals surface area contributed by atoms with E-state index in [0.29, 0.717) is 24.2 Å². The molecule has 0 aliphatic carbocycles. The van der Waals surface area contributed by atoms with Gasteiger partial charge < -0.3 is 5.32 Å². The Morgan fingerprint density at radius 3 is 2.17 bits per heavy atom. The highest BCUT2D eigenvalue weighted by atomic mass is 32.2. The summed E-state index contributed by atoms with van der Waals surface area (Å²) in [6.45, 7) is 8.91. The van der Waals surface area contributed by atoms with Crippen LogP contribution in [-0.4, -0.2) is 31.7 Å². The smallest absolute Gasteiger partial charge is 0.251 e. The van der Waals surface area contributed by atoms with Crippen LogP contribution in [0.5, 0.6) is 0 Å². The molecule has 2 aromatic carbocycles. The van der Waals surface area contributed by atoms with Crippen LogP contribution in [-0.2, 0) is 10.0 Å². The van der Waals surface area contributed by atoms with Gasteiger partial charge in [-0.2, -0.15) is 4.31 Å². The molecule has 1 aliphatic rings. The van der Waals surface area contributed by atoms with E-state index in [9.17, 15) is 13.2 Å². The average molecular weight is 429 g/mol. The number of hydrogen-bond acceptors (Lipinski definition) is 3. The van der Waals surface area contributed by atoms with E-state index in [0.717, 1.165) is 31.2 Å². The summed E-state index contributed by atoms with van der Waals surface area (Å²) < 4.78 is 28.1. The molecule has 162 valence electrons. The van der Waals surface area contributed by atoms with E-state index in [-0.39, 0.29) is 16.8 Å². The van der Waals surface area contributed by atoms with Crippen LogP contribution in [0, 0.1) is 20.8 Å². The molecule has 0 spiro atoms. The number of nitrogens with one attached hydrogen (secondary N) is 1. The van der Waals surface area contributed by atoms with Crippen LogP contribution in [0.4, 0.5) is 0 Å². The van der Waals surface area contributed by atoms with E-state index in [4.69, 9.17) is 0 Å². The van der Waals surface area contributed by atoms with Gasteiger partial charge in [0.25, 0.3) is 5.91 Å². The fraction of sp³-hybridized carbons (Fsp3) is 0.458. The van der Waals surface area contributed by atoms with Gasteiger partial charge >= 0.3 is 0 Å². The topological polar surface area (TPSA) is 66.5 Å². The third kappa shape index (κ3) is 4.93. The minimum atomic E-state index is -3.61. The number of carbonyl (C=O) groups is 1. The molecule has 1 heterocycles. The Morgan fingerprint density at radius 1 is 0.900 bits per heavy atom. The fourth-order valence-electron chi connectivity index (χ4n) is 3.84. The number of aryl methyl sites for hydroxylation is 3. The molecule has 30 heavy (non-hydrogen) atoms. The largest absolute Gasteiger partial charge is 0.346 e. The minimum absolute atomic E-state index is 0.177. The first-order valence-corrected chi connectivity index (χ1v) is 12.1. The van der Waals surface area contributed by atoms with Crippen LogP contribution < -0.4 is 5.32 Å². The molecule has 1 N–H and O–H groups in total. The highest BCUT2D eigenvalue weighted by Gasteiger charge is 2.27. The molecule has 1 fully saturated rings. The molecule has 1 amide bonds. The van der Waals surface area contributed by atoms with E-state index in [2.05, 4.69) is 18.3 Å². The van der Waals surface area contributed by atoms with Gasteiger partial charge in [0.2, 0.25) is 10.0 Å². The molecule has 5 nitrogen and oxygen atoms in total. The van der Waals surface area contributed by atoms with Gasteiger partial charge in [-0.05, 0) is 74.9 Å². The fourth-order valence-corrected chi connectivity index (χ4v) is 5.61. The van der Waals surface area contributed by atoms with Gasteiger partial charge in [-0.3, -0.25) is 4.79 Å². The maximum Gasteiger partial charge on any atom is 0.251 e. The molecule has 1 saturated heterocycles. The zero-order valence-electron chi connectivity index (χ0n) is 18.4. The summed E-state index contributed by atoms with van der Waals surface area (Å²) in [7, 11) is -3.61. The predicted octanol–water partition coefficient (Wildman–Crippen LogP) is 4.67. The third-order valence-electron chi connectivity index (χ3n) is 6.01. The lowest BCUT2D eigenvalue weighted by Crippen LogP contribution is -2.33. The zero-order valence-corrected chi connectivity index (χ0v) is 19.2. The van der Waals surface area contributed by atoms with Gasteiger partial charge in [-0.15, -0.1) is 0 Å². The first-order chi connectivity index (χ1) is 14.2. The summed E-state index contributed by atoms with van der Waals surface area (Å²) in [6, 6.07) is 10.9. The van der Waals surface area contributed by atoms with E-state index in [1.54, 1.807) is 23.4 Å². The van der Waals surface area contributed by atoms with Crippen LogP contribution in [0.1, 0.15) is 71.3 Å². The van der Waals surface area contributed by atoms with Crippen molar-refractivity contribution < 1.29 is 13.2 Å². The lowest BCUT2D eigenvalue weighted by atomic mass is 10.0. The van der Waals surface area contributed by atoms with Crippen molar-refractivity contribution in [1.82, 2.24) is 9.62 Å². The first kappa shape index (κ1) is 22.5. The Labute approximate surface area is 180 Å². The molecule has 0 saturated carbocycles. The number of hydrogen-bond donors (Lipinski definition) is 1. The molecule has 3 rings (SSSR count). The van der Waals surface area contributed by atoms with Crippen LogP contribution in [0.25, 0.3) is 0 Å². The van der Waals surface area contributed by atoms with E-state index < -0.39 is 10.0 Å². The van der Waals surface area contributed by atoms with Crippen molar-refractivity contribution in [2.45, 2.75) is 64.3 Å². The van der Waals surface area contributed by atoms with Crippen molar-refractivity contribution >= 4 is 15.9 Å². The molecule has 0 aromatic heterocycles. The second-order valence-electron chi connectivity index (χ2n) is 8.34. The second-order valence-corrected chi connectivity index (χ2v) is 10.2. The summed E-state index contributed by atoms with van der Waals surface area (Å²) in [5.74, 6) is -0.270. The third-order valence-corrected chi connectivity index (χ3v) is 8.05. The van der Waals surface area contributed by atoms with Gasteiger partial charge in [0.05, 0.1) is 10.9 Å². The van der Waals surface area contributed by atoms with E-state index in [1.165, 1.54) is 17.2 Å². The number of nitrogens with zero attached hydrogens (tertiary/aromatic N) is 1. The molecule has 6 heteroatoms. The molecule has 0 radical (unpaired) electrons. The summed E-state index contributed by atoms with van der Waals surface area (Å²) >= 11 is 0. The quantitative estimate of drug-likeness (QED) is 0.753. The van der Waals surface area contributed by atoms with Crippen molar-refractivity contribution in [2.24, 2.45) is 0 Å². The van der Waals surface area contributed by atoms with Crippen molar-refractivity contribution in [3.8, 4) is 0 Å². The van der Waals surface area contributed by atoms with Crippen LogP contribution in [0.15, 0.2) is 41.3 Å². The normalized spacial score (nSPS) is 16.7. The number of benzene rings is 2. The van der Waals surface area contributed by atoms with Crippen LogP contribution in [0.3, 0.4) is 0 Å². The lowest BCUT2D eigenvalue weighted by molar-refractivity contribution is 0.0939. The molecule has 1 atom stereocenters. The lowest BCUT2D eigenvalue weighted by Gasteiger charge is -2.22. The Bertz CT molecular complexity index is 1020. The van der Waals surface area contributed by atoms with Crippen molar-refractivity contribution in [3.05, 3.63) is 64.2 Å². The summed E-state index contributed by atoms with van der Waals surface area (Å²) in [5.41, 5.74) is 4.44. The van der Waals surface area contributed by atoms with Crippen LogP contribution >= 0.6 is 0 Å². The Kier molecular flexibility index (Phi) is 6.98. The molecular formula is C24H32N2O3S. The number of sulfonamides is 1. The summed E-state index contributed by atoms with van der Waals surface area (Å²) in [4.78, 5) is 13.1. The Hall–Kier alpha value is -2.18. The molecular weight excluding hydrogens is 396 g/mol. The average Bonchev–Trinajstić information content (AvgIpc) is 3.00. The maximum atomic E-state index is 13.2. The van der Waals surface area contributed by atoms with E-state index in [1.807, 2.05) is 26.0 Å². The van der Waals surface area contributed by atoms with Crippen molar-refractivity contribution in [2.75, 3.05) is 13.1 Å². The molecule has 1 aliphatic heterocycles. The Balaban J connectivity index is 1.83. The first-order valence-electron chi connectivity index (χ1n) is 10.7. The standard InChI is InChI=1S/C24H32N2O3S/c1-17-9-11-21(15-19(17)3)20(4)25-24(27)22-12-10-18(2)23(16-22)30(28,29)26-13-7-5-6-8-14-26/h9-12,15-16,20H,5-8,13-14H2,1-4H3,(H,25,27)/t20-/m0/s1. The maximum absolute atomic E-state index is 13.2. The zero-order chi connectivity index (χ0) is 21.9. The highest BCUT2D eigenvalue weighted by molar-refractivity contribution is 7.89. The molecule has 0 bridgehead atoms. The Morgan fingerprint density at radius 2 is 1.53 bits per heavy atom. The van der Waals surface area contributed by atoms with Gasteiger partial charge in [0, 0.05) is 18.7 Å². The SMILES string of the molecule is Cc1ccc([C@H](C)NC(=O)c2ccc(C)c(S(=O)(=O)N3CCCCCC3)c2)cc1C.